The number of hydrazone groups is 1. The van der Waals surface area contributed by atoms with Gasteiger partial charge in [-0.2, -0.15) is 5.10 Å². The maximum absolute atomic E-state index is 13.5. The highest BCUT2D eigenvalue weighted by atomic mass is 16.5. The molecule has 1 saturated heterocycles. The van der Waals surface area contributed by atoms with Crippen molar-refractivity contribution in [1.29, 1.82) is 0 Å². The molecule has 176 valence electrons. The Labute approximate surface area is 196 Å². The number of ether oxygens (including phenoxy) is 2. The second-order valence-corrected chi connectivity index (χ2v) is 8.69. The third-order valence-corrected chi connectivity index (χ3v) is 6.59. The number of piperazine rings is 1. The largest absolute Gasteiger partial charge is 0.497 e. The molecular formula is C26H34N4O3. The van der Waals surface area contributed by atoms with E-state index < -0.39 is 0 Å². The van der Waals surface area contributed by atoms with E-state index in [4.69, 9.17) is 14.6 Å². The molecule has 1 amide bonds. The van der Waals surface area contributed by atoms with Crippen molar-refractivity contribution >= 4 is 11.6 Å². The van der Waals surface area contributed by atoms with Gasteiger partial charge in [-0.25, -0.2) is 5.01 Å². The van der Waals surface area contributed by atoms with E-state index in [2.05, 4.69) is 41.8 Å². The standard InChI is InChI=1S/C26H34N4O3/c1-5-28-11-13-29(14-12-28)18-26(31)30-24(22-10-9-21(32-3)16-25(22)33-4)17-23(27-30)20-8-6-7-19(2)15-20/h6-10,15-16,24H,5,11-14,17-18H2,1-4H3/t24-/m1/s1. The highest BCUT2D eigenvalue weighted by Gasteiger charge is 2.35. The third kappa shape index (κ3) is 5.20. The van der Waals surface area contributed by atoms with E-state index in [1.165, 1.54) is 5.56 Å². The van der Waals surface area contributed by atoms with Crippen LogP contribution in [-0.4, -0.2) is 79.9 Å². The van der Waals surface area contributed by atoms with Crippen molar-refractivity contribution in [1.82, 2.24) is 14.8 Å². The monoisotopic (exact) mass is 450 g/mol. The lowest BCUT2D eigenvalue weighted by Crippen LogP contribution is -2.49. The van der Waals surface area contributed by atoms with Crippen LogP contribution in [0.4, 0.5) is 0 Å². The fourth-order valence-electron chi connectivity index (χ4n) is 4.60. The minimum Gasteiger partial charge on any atom is -0.497 e. The Morgan fingerprint density at radius 1 is 1.03 bits per heavy atom. The molecule has 7 nitrogen and oxygen atoms in total. The Hall–Kier alpha value is -2.90. The van der Waals surface area contributed by atoms with Crippen LogP contribution in [0.15, 0.2) is 47.6 Å². The average molecular weight is 451 g/mol. The van der Waals surface area contributed by atoms with E-state index in [0.717, 1.165) is 55.3 Å². The molecule has 0 spiro atoms. The van der Waals surface area contributed by atoms with E-state index in [0.29, 0.717) is 18.7 Å². The number of rotatable bonds is 7. The Morgan fingerprint density at radius 3 is 2.45 bits per heavy atom. The summed E-state index contributed by atoms with van der Waals surface area (Å²) in [6.45, 7) is 9.47. The summed E-state index contributed by atoms with van der Waals surface area (Å²) in [4.78, 5) is 18.2. The maximum atomic E-state index is 13.5. The number of methoxy groups -OCH3 is 2. The molecule has 2 aliphatic rings. The van der Waals surface area contributed by atoms with Crippen molar-refractivity contribution in [3.63, 3.8) is 0 Å². The minimum atomic E-state index is -0.217. The molecular weight excluding hydrogens is 416 g/mol. The van der Waals surface area contributed by atoms with Gasteiger partial charge in [-0.3, -0.25) is 9.69 Å². The zero-order valence-electron chi connectivity index (χ0n) is 20.1. The van der Waals surface area contributed by atoms with Gasteiger partial charge >= 0.3 is 0 Å². The van der Waals surface area contributed by atoms with Crippen LogP contribution in [0.1, 0.15) is 36.1 Å². The number of nitrogens with zero attached hydrogens (tertiary/aromatic N) is 4. The number of hydrogen-bond acceptors (Lipinski definition) is 6. The normalized spacial score (nSPS) is 19.5. The van der Waals surface area contributed by atoms with Crippen molar-refractivity contribution in [2.45, 2.75) is 26.3 Å². The van der Waals surface area contributed by atoms with Gasteiger partial charge in [-0.1, -0.05) is 36.8 Å². The van der Waals surface area contributed by atoms with Gasteiger partial charge < -0.3 is 14.4 Å². The number of likely N-dealkylation sites (N-methyl/N-ethyl adjacent to an activating group) is 1. The summed E-state index contributed by atoms with van der Waals surface area (Å²) in [7, 11) is 3.28. The lowest BCUT2D eigenvalue weighted by molar-refractivity contribution is -0.134. The molecule has 0 aromatic heterocycles. The highest BCUT2D eigenvalue weighted by Crippen LogP contribution is 2.39. The van der Waals surface area contributed by atoms with Crippen LogP contribution in [0, 0.1) is 6.92 Å². The van der Waals surface area contributed by atoms with Gasteiger partial charge in [0, 0.05) is 44.2 Å². The number of benzene rings is 2. The number of carbonyl (C=O) groups is 1. The maximum Gasteiger partial charge on any atom is 0.257 e. The summed E-state index contributed by atoms with van der Waals surface area (Å²) in [5.74, 6) is 1.44. The van der Waals surface area contributed by atoms with E-state index in [9.17, 15) is 4.79 Å². The number of carbonyl (C=O) groups excluding carboxylic acids is 1. The molecule has 0 N–H and O–H groups in total. The first-order valence-corrected chi connectivity index (χ1v) is 11.7. The fourth-order valence-corrected chi connectivity index (χ4v) is 4.60. The molecule has 2 aromatic carbocycles. The first-order chi connectivity index (χ1) is 16.0. The number of amides is 1. The summed E-state index contributed by atoms with van der Waals surface area (Å²) in [6, 6.07) is 13.8. The first-order valence-electron chi connectivity index (χ1n) is 11.7. The molecule has 0 unspecified atom stereocenters. The van der Waals surface area contributed by atoms with Crippen LogP contribution in [0.25, 0.3) is 0 Å². The second kappa shape index (κ2) is 10.4. The van der Waals surface area contributed by atoms with Crippen molar-refractivity contribution < 1.29 is 14.3 Å². The summed E-state index contributed by atoms with van der Waals surface area (Å²) >= 11 is 0. The third-order valence-electron chi connectivity index (χ3n) is 6.59. The molecule has 0 saturated carbocycles. The molecule has 0 aliphatic carbocycles. The topological polar surface area (TPSA) is 57.6 Å². The molecule has 1 atom stereocenters. The fraction of sp³-hybridized carbons (Fsp3) is 0.462. The van der Waals surface area contributed by atoms with Crippen LogP contribution in [-0.2, 0) is 4.79 Å². The van der Waals surface area contributed by atoms with E-state index in [1.54, 1.807) is 19.2 Å². The van der Waals surface area contributed by atoms with E-state index in [-0.39, 0.29) is 11.9 Å². The first kappa shape index (κ1) is 23.3. The molecule has 7 heteroatoms. The zero-order valence-corrected chi connectivity index (χ0v) is 20.1. The molecule has 4 rings (SSSR count). The quantitative estimate of drug-likeness (QED) is 0.648. The van der Waals surface area contributed by atoms with E-state index in [1.807, 2.05) is 24.3 Å². The van der Waals surface area contributed by atoms with Crippen LogP contribution >= 0.6 is 0 Å². The lowest BCUT2D eigenvalue weighted by atomic mass is 9.97. The Balaban J connectivity index is 1.61. The predicted molar refractivity (Wildman–Crippen MR) is 130 cm³/mol. The summed E-state index contributed by atoms with van der Waals surface area (Å²) in [6.07, 6.45) is 0.640. The van der Waals surface area contributed by atoms with Crippen molar-refractivity contribution in [2.75, 3.05) is 53.5 Å². The Kier molecular flexibility index (Phi) is 7.30. The smallest absolute Gasteiger partial charge is 0.257 e. The summed E-state index contributed by atoms with van der Waals surface area (Å²) in [5, 5.41) is 6.52. The van der Waals surface area contributed by atoms with Crippen molar-refractivity contribution in [3.8, 4) is 11.5 Å². The van der Waals surface area contributed by atoms with Crippen LogP contribution in [0.3, 0.4) is 0 Å². The van der Waals surface area contributed by atoms with Crippen molar-refractivity contribution in [2.24, 2.45) is 5.10 Å². The van der Waals surface area contributed by atoms with Crippen LogP contribution in [0.5, 0.6) is 11.5 Å². The predicted octanol–water partition coefficient (Wildman–Crippen LogP) is 3.33. The Morgan fingerprint density at radius 2 is 1.79 bits per heavy atom. The van der Waals surface area contributed by atoms with Crippen LogP contribution < -0.4 is 9.47 Å². The van der Waals surface area contributed by atoms with Gasteiger partial charge in [0.15, 0.2) is 0 Å². The van der Waals surface area contributed by atoms with Gasteiger partial charge in [0.1, 0.15) is 11.5 Å². The SMILES string of the molecule is CCN1CCN(CC(=O)N2N=C(c3cccc(C)c3)C[C@@H]2c2ccc(OC)cc2OC)CC1. The molecule has 0 radical (unpaired) electrons. The lowest BCUT2D eigenvalue weighted by Gasteiger charge is -2.34. The molecule has 2 aromatic rings. The van der Waals surface area contributed by atoms with Gasteiger partial charge in [-0.05, 0) is 31.2 Å². The molecule has 1 fully saturated rings. The average Bonchev–Trinajstić information content (AvgIpc) is 3.29. The molecule has 2 aliphatic heterocycles. The van der Waals surface area contributed by atoms with Gasteiger partial charge in [0.05, 0.1) is 32.5 Å². The molecule has 2 heterocycles. The van der Waals surface area contributed by atoms with Gasteiger partial charge in [-0.15, -0.1) is 0 Å². The van der Waals surface area contributed by atoms with Gasteiger partial charge in [0.2, 0.25) is 0 Å². The molecule has 33 heavy (non-hydrogen) atoms. The molecule has 0 bridgehead atoms. The van der Waals surface area contributed by atoms with Crippen molar-refractivity contribution in [3.05, 3.63) is 59.2 Å². The Bertz CT molecular complexity index is 1010. The summed E-state index contributed by atoms with van der Waals surface area (Å²) in [5.41, 5.74) is 4.09. The number of aryl methyl sites for hydroxylation is 1. The number of hydrogen-bond donors (Lipinski definition) is 0. The second-order valence-electron chi connectivity index (χ2n) is 8.69. The van der Waals surface area contributed by atoms with Gasteiger partial charge in [0.25, 0.3) is 5.91 Å². The summed E-state index contributed by atoms with van der Waals surface area (Å²) < 4.78 is 11.0. The highest BCUT2D eigenvalue weighted by molar-refractivity contribution is 6.03. The van der Waals surface area contributed by atoms with Crippen LogP contribution in [0.2, 0.25) is 0 Å². The zero-order chi connectivity index (χ0) is 23.4. The minimum absolute atomic E-state index is 0.0190. The van der Waals surface area contributed by atoms with E-state index >= 15 is 0 Å².